The van der Waals surface area contributed by atoms with Crippen LogP contribution in [0.1, 0.15) is 52.5 Å². The summed E-state index contributed by atoms with van der Waals surface area (Å²) in [5, 5.41) is 1.77. The number of ether oxygens (including phenoxy) is 3. The Morgan fingerprint density at radius 3 is 1.14 bits per heavy atom. The van der Waals surface area contributed by atoms with E-state index in [9.17, 15) is 0 Å². The minimum Gasteiger partial charge on any atom is -0.379 e. The zero-order valence-electron chi connectivity index (χ0n) is 42.9. The van der Waals surface area contributed by atoms with E-state index in [1.165, 1.54) is 0 Å². The van der Waals surface area contributed by atoms with Gasteiger partial charge in [-0.15, -0.1) is 0 Å². The third-order valence-corrected chi connectivity index (χ3v) is 9.66. The van der Waals surface area contributed by atoms with Gasteiger partial charge in [-0.2, -0.15) is 0 Å². The van der Waals surface area contributed by atoms with Crippen LogP contribution in [0.25, 0.3) is 0 Å². The van der Waals surface area contributed by atoms with Gasteiger partial charge in [0.1, 0.15) is 0 Å². The number of hydrogen-bond donors (Lipinski definition) is 8. The molecule has 4 rings (SSSR count). The molecular weight excluding hydrogens is 813 g/mol. The van der Waals surface area contributed by atoms with Crippen LogP contribution in [0.15, 0.2) is 24.5 Å². The molecule has 0 aliphatic carbocycles. The van der Waals surface area contributed by atoms with Crippen LogP contribution >= 0.6 is 0 Å². The molecule has 0 atom stereocenters. The van der Waals surface area contributed by atoms with Crippen LogP contribution in [0, 0.1) is 0 Å². The smallest absolute Gasteiger partial charge is 0.0608 e. The SMILES string of the molecule is CCN(CC)CCCN.CCN(CC)CCN.CN(C)CCCN.CN(C)CCN.NCCCN1CCOCC1.NCCN1CCOCC1.NCc1ccncc1.NN1CCOCC1. The molecule has 3 aliphatic rings. The minimum atomic E-state index is 0.600. The zero-order chi connectivity index (χ0) is 48.9. The van der Waals surface area contributed by atoms with Gasteiger partial charge in [-0.3, -0.25) is 20.6 Å². The largest absolute Gasteiger partial charge is 0.379 e. The molecule has 0 unspecified atom stereocenters. The number of hydrogen-bond acceptors (Lipinski definition) is 19. The maximum atomic E-state index is 5.39. The van der Waals surface area contributed by atoms with E-state index < -0.39 is 0 Å². The van der Waals surface area contributed by atoms with Gasteiger partial charge < -0.3 is 73.9 Å². The Labute approximate surface area is 394 Å². The molecule has 0 bridgehead atoms. The lowest BCUT2D eigenvalue weighted by Gasteiger charge is -2.26. The van der Waals surface area contributed by atoms with E-state index in [1.807, 2.05) is 26.2 Å². The predicted octanol–water partition coefficient (Wildman–Crippen LogP) is -0.955. The highest BCUT2D eigenvalue weighted by Crippen LogP contribution is 1.97. The lowest BCUT2D eigenvalue weighted by Crippen LogP contribution is -2.41. The summed E-state index contributed by atoms with van der Waals surface area (Å²) >= 11 is 0. The lowest BCUT2D eigenvalue weighted by atomic mass is 10.3. The first-order chi connectivity index (χ1) is 30.9. The number of nitrogens with two attached hydrogens (primary N) is 8. The molecule has 0 aromatic carbocycles. The Balaban J connectivity index is -0.000000323. The first-order valence-electron chi connectivity index (χ1n) is 24.1. The zero-order valence-corrected chi connectivity index (χ0v) is 42.9. The van der Waals surface area contributed by atoms with Crippen LogP contribution in [0.5, 0.6) is 0 Å². The molecule has 0 saturated carbocycles. The number of hydrazine groups is 1. The summed E-state index contributed by atoms with van der Waals surface area (Å²) in [6.07, 6.45) is 6.82. The fourth-order valence-corrected chi connectivity index (χ4v) is 5.49. The molecule has 3 aliphatic heterocycles. The van der Waals surface area contributed by atoms with Crippen molar-refractivity contribution in [2.45, 2.75) is 53.5 Å². The first kappa shape index (κ1) is 69.0. The van der Waals surface area contributed by atoms with Crippen LogP contribution in [-0.2, 0) is 20.8 Å². The normalized spacial score (nSPS) is 15.2. The van der Waals surface area contributed by atoms with E-state index >= 15 is 0 Å². The van der Waals surface area contributed by atoms with Crippen LogP contribution in [0.3, 0.4) is 0 Å². The monoisotopic (exact) mass is 921 g/mol. The van der Waals surface area contributed by atoms with Crippen LogP contribution in [-0.4, -0.2) is 251 Å². The highest BCUT2D eigenvalue weighted by atomic mass is 16.5. The summed E-state index contributed by atoms with van der Waals surface area (Å²) in [6, 6.07) is 3.81. The molecule has 0 spiro atoms. The van der Waals surface area contributed by atoms with Gasteiger partial charge in [-0.25, -0.2) is 5.01 Å². The maximum Gasteiger partial charge on any atom is 0.0608 e. The quantitative estimate of drug-likeness (QED) is 0.0733. The summed E-state index contributed by atoms with van der Waals surface area (Å²) in [5.41, 5.74) is 38.3. The second-order valence-electron chi connectivity index (χ2n) is 15.6. The fourth-order valence-electron chi connectivity index (χ4n) is 5.49. The minimum absolute atomic E-state index is 0.600. The van der Waals surface area contributed by atoms with Gasteiger partial charge in [0.05, 0.1) is 39.6 Å². The van der Waals surface area contributed by atoms with Crippen molar-refractivity contribution < 1.29 is 14.2 Å². The van der Waals surface area contributed by atoms with Crippen molar-refractivity contribution in [1.29, 1.82) is 0 Å². The Morgan fingerprint density at radius 1 is 0.484 bits per heavy atom. The van der Waals surface area contributed by atoms with Crippen molar-refractivity contribution in [3.63, 3.8) is 0 Å². The Morgan fingerprint density at radius 2 is 0.875 bits per heavy atom. The van der Waals surface area contributed by atoms with Crippen molar-refractivity contribution in [3.8, 4) is 0 Å². The molecule has 0 radical (unpaired) electrons. The second-order valence-corrected chi connectivity index (χ2v) is 15.6. The van der Waals surface area contributed by atoms with Gasteiger partial charge in [-0.05, 0) is 131 Å². The fraction of sp³-hybridized carbons (Fsp3) is 0.889. The summed E-state index contributed by atoms with van der Waals surface area (Å²) in [5.74, 6) is 5.39. The molecule has 1 aromatic rings. The molecule has 19 nitrogen and oxygen atoms in total. The van der Waals surface area contributed by atoms with Gasteiger partial charge in [-0.1, -0.05) is 27.7 Å². The van der Waals surface area contributed by atoms with Gasteiger partial charge >= 0.3 is 0 Å². The number of nitrogens with zero attached hydrogens (tertiary/aromatic N) is 8. The maximum absolute atomic E-state index is 5.39. The van der Waals surface area contributed by atoms with E-state index in [0.717, 1.165) is 208 Å². The van der Waals surface area contributed by atoms with E-state index in [2.05, 4.69) is 76.2 Å². The van der Waals surface area contributed by atoms with Gasteiger partial charge in [0, 0.05) is 97.5 Å². The highest BCUT2D eigenvalue weighted by Gasteiger charge is 2.09. The Bertz CT molecular complexity index is 937. The third kappa shape index (κ3) is 56.6. The predicted molar refractivity (Wildman–Crippen MR) is 274 cm³/mol. The number of rotatable bonds is 20. The second kappa shape index (κ2) is 57.6. The van der Waals surface area contributed by atoms with E-state index in [1.54, 1.807) is 17.4 Å². The summed E-state index contributed by atoms with van der Waals surface area (Å²) < 4.78 is 15.4. The summed E-state index contributed by atoms with van der Waals surface area (Å²) in [6.45, 7) is 36.1. The summed E-state index contributed by atoms with van der Waals surface area (Å²) in [4.78, 5) is 17.4. The third-order valence-electron chi connectivity index (χ3n) is 9.66. The molecular formula is C45H108N16O3. The van der Waals surface area contributed by atoms with E-state index in [0.29, 0.717) is 6.54 Å². The number of likely N-dealkylation sites (N-methyl/N-ethyl adjacent to an activating group) is 2. The molecule has 64 heavy (non-hydrogen) atoms. The van der Waals surface area contributed by atoms with Gasteiger partial charge in [0.15, 0.2) is 0 Å². The number of morpholine rings is 3. The highest BCUT2D eigenvalue weighted by molar-refractivity contribution is 5.08. The number of aromatic nitrogens is 1. The Kier molecular flexibility index (Phi) is 62.1. The van der Waals surface area contributed by atoms with Crippen LogP contribution in [0.2, 0.25) is 0 Å². The van der Waals surface area contributed by atoms with E-state index in [4.69, 9.17) is 60.2 Å². The van der Waals surface area contributed by atoms with Gasteiger partial charge in [0.25, 0.3) is 0 Å². The van der Waals surface area contributed by atoms with Crippen molar-refractivity contribution in [2.75, 3.05) is 212 Å². The summed E-state index contributed by atoms with van der Waals surface area (Å²) in [7, 11) is 8.12. The molecule has 16 N–H and O–H groups in total. The molecule has 4 heterocycles. The molecule has 19 heteroatoms. The van der Waals surface area contributed by atoms with Crippen LogP contribution < -0.4 is 46.0 Å². The van der Waals surface area contributed by atoms with Crippen molar-refractivity contribution in [3.05, 3.63) is 30.1 Å². The first-order valence-corrected chi connectivity index (χ1v) is 24.1. The lowest BCUT2D eigenvalue weighted by molar-refractivity contribution is 0.0377. The number of pyridine rings is 1. The standard InChI is InChI=1S/C7H16N2O.C7H18N2.C6H14N2O.C6H8N2.C6H16N2.C5H14N2.C4H10N2O.C4H12N2/c8-2-1-3-9-4-6-10-7-5-9;1-3-9(4-2)7-5-6-8;7-1-2-8-3-5-9-6-4-8;7-5-6-1-3-8-4-2-6;1-3-8(4-2)6-5-7;1-7(2)5-3-4-6;5-6-1-3-7-4-2-6;1-6(2)4-3-5/h1-8H2;3-8H2,1-2H3;1-7H2;1-4H,5,7H2;3-7H2,1-2H3;3-6H2,1-2H3;1-5H2;3-5H2,1-2H3. The van der Waals surface area contributed by atoms with Crippen molar-refractivity contribution >= 4 is 0 Å². The van der Waals surface area contributed by atoms with Crippen LogP contribution in [0.4, 0.5) is 0 Å². The molecule has 3 fully saturated rings. The molecule has 386 valence electrons. The van der Waals surface area contributed by atoms with Crippen molar-refractivity contribution in [1.82, 2.24) is 39.4 Å². The van der Waals surface area contributed by atoms with E-state index in [-0.39, 0.29) is 0 Å². The topological polar surface area (TPSA) is 271 Å². The average Bonchev–Trinajstić information content (AvgIpc) is 3.32. The molecule has 3 saturated heterocycles. The van der Waals surface area contributed by atoms with Gasteiger partial charge in [0.2, 0.25) is 0 Å². The molecule has 1 aromatic heterocycles. The molecule has 0 amide bonds. The average molecular weight is 921 g/mol. The Hall–Kier alpha value is -1.57. The van der Waals surface area contributed by atoms with Crippen molar-refractivity contribution in [2.24, 2.45) is 46.0 Å².